The van der Waals surface area contributed by atoms with Crippen LogP contribution in [0.3, 0.4) is 0 Å². The van der Waals surface area contributed by atoms with E-state index in [0.717, 1.165) is 11.1 Å². The number of carbonyl (C=O) groups is 1. The average Bonchev–Trinajstić information content (AvgIpc) is 2.46. The lowest BCUT2D eigenvalue weighted by Gasteiger charge is -2.07. The number of alkyl halides is 1. The number of carbonyl (C=O) groups excluding carboxylic acids is 1. The lowest BCUT2D eigenvalue weighted by atomic mass is 9.97. The highest BCUT2D eigenvalue weighted by Gasteiger charge is 2.22. The first-order valence-corrected chi connectivity index (χ1v) is 7.10. The standard InChI is InChI=1S/C15H12BrNO3/c1-10-7-13(14(17(19)20)8-12(10)9-16)15(18)11-5-3-2-4-6-11/h2-8H,9H2,1H3. The number of nitrogens with zero attached hydrogens (tertiary/aromatic N) is 1. The molecular weight excluding hydrogens is 322 g/mol. The minimum atomic E-state index is -0.512. The van der Waals surface area contributed by atoms with Crippen LogP contribution in [0.2, 0.25) is 0 Å². The van der Waals surface area contributed by atoms with Crippen molar-refractivity contribution in [1.82, 2.24) is 0 Å². The van der Waals surface area contributed by atoms with E-state index in [1.165, 1.54) is 6.07 Å². The SMILES string of the molecule is Cc1cc(C(=O)c2ccccc2)c([N+](=O)[O-])cc1CBr. The van der Waals surface area contributed by atoms with Crippen LogP contribution in [0.4, 0.5) is 5.69 Å². The Bertz CT molecular complexity index is 668. The van der Waals surface area contributed by atoms with Gasteiger partial charge in [-0.1, -0.05) is 46.3 Å². The topological polar surface area (TPSA) is 60.2 Å². The largest absolute Gasteiger partial charge is 0.288 e. The van der Waals surface area contributed by atoms with Crippen LogP contribution in [-0.2, 0) is 5.33 Å². The Hall–Kier alpha value is -2.01. The van der Waals surface area contributed by atoms with Crippen molar-refractivity contribution >= 4 is 27.4 Å². The molecule has 2 aromatic rings. The van der Waals surface area contributed by atoms with Gasteiger partial charge in [-0.05, 0) is 24.1 Å². The average molecular weight is 334 g/mol. The second-order valence-corrected chi connectivity index (χ2v) is 4.94. The first-order valence-electron chi connectivity index (χ1n) is 5.98. The molecule has 0 aliphatic heterocycles. The van der Waals surface area contributed by atoms with E-state index < -0.39 is 4.92 Å². The first-order chi connectivity index (χ1) is 9.54. The molecule has 0 amide bonds. The Kier molecular flexibility index (Phi) is 4.29. The van der Waals surface area contributed by atoms with E-state index in [9.17, 15) is 14.9 Å². The van der Waals surface area contributed by atoms with Crippen molar-refractivity contribution in [3.63, 3.8) is 0 Å². The fourth-order valence-corrected chi connectivity index (χ4v) is 2.57. The molecule has 0 saturated carbocycles. The highest BCUT2D eigenvalue weighted by molar-refractivity contribution is 9.08. The number of nitro groups is 1. The minimum absolute atomic E-state index is 0.128. The van der Waals surface area contributed by atoms with Gasteiger partial charge >= 0.3 is 0 Å². The van der Waals surface area contributed by atoms with Gasteiger partial charge in [0, 0.05) is 17.0 Å². The van der Waals surface area contributed by atoms with Gasteiger partial charge in [0.1, 0.15) is 5.56 Å². The molecule has 0 N–H and O–H groups in total. The number of hydrogen-bond acceptors (Lipinski definition) is 3. The molecule has 102 valence electrons. The van der Waals surface area contributed by atoms with Gasteiger partial charge in [0.15, 0.2) is 5.78 Å². The number of benzene rings is 2. The Morgan fingerprint density at radius 3 is 2.45 bits per heavy atom. The lowest BCUT2D eigenvalue weighted by molar-refractivity contribution is -0.385. The second kappa shape index (κ2) is 5.96. The molecule has 0 aliphatic carbocycles. The molecule has 0 radical (unpaired) electrons. The van der Waals surface area contributed by atoms with Gasteiger partial charge in [-0.25, -0.2) is 0 Å². The number of nitro benzene ring substituents is 1. The normalized spacial score (nSPS) is 10.3. The molecule has 2 aromatic carbocycles. The predicted molar refractivity (Wildman–Crippen MR) is 80.3 cm³/mol. The van der Waals surface area contributed by atoms with E-state index in [0.29, 0.717) is 10.9 Å². The Morgan fingerprint density at radius 2 is 1.90 bits per heavy atom. The molecule has 2 rings (SSSR count). The number of ketones is 1. The molecule has 0 saturated heterocycles. The molecule has 0 atom stereocenters. The van der Waals surface area contributed by atoms with Crippen LogP contribution in [-0.4, -0.2) is 10.7 Å². The summed E-state index contributed by atoms with van der Waals surface area (Å²) >= 11 is 3.29. The fourth-order valence-electron chi connectivity index (χ4n) is 1.96. The van der Waals surface area contributed by atoms with Gasteiger partial charge < -0.3 is 0 Å². The molecule has 4 nitrogen and oxygen atoms in total. The van der Waals surface area contributed by atoms with Crippen LogP contribution >= 0.6 is 15.9 Å². The quantitative estimate of drug-likeness (QED) is 0.367. The zero-order valence-corrected chi connectivity index (χ0v) is 12.4. The summed E-state index contributed by atoms with van der Waals surface area (Å²) in [6, 6.07) is 11.6. The maximum Gasteiger partial charge on any atom is 0.280 e. The van der Waals surface area contributed by atoms with Crippen molar-refractivity contribution in [2.24, 2.45) is 0 Å². The Labute approximate surface area is 124 Å². The van der Waals surface area contributed by atoms with E-state index in [1.807, 2.05) is 6.92 Å². The molecule has 5 heteroatoms. The third-order valence-corrected chi connectivity index (χ3v) is 3.68. The van der Waals surface area contributed by atoms with Crippen LogP contribution in [0, 0.1) is 17.0 Å². The molecule has 0 unspecified atom stereocenters. The van der Waals surface area contributed by atoms with Crippen molar-refractivity contribution in [2.45, 2.75) is 12.3 Å². The fraction of sp³-hybridized carbons (Fsp3) is 0.133. The number of aryl methyl sites for hydroxylation is 1. The molecule has 0 aliphatic rings. The van der Waals surface area contributed by atoms with E-state index in [1.54, 1.807) is 36.4 Å². The molecule has 0 bridgehead atoms. The van der Waals surface area contributed by atoms with Gasteiger partial charge in [0.05, 0.1) is 4.92 Å². The van der Waals surface area contributed by atoms with E-state index in [4.69, 9.17) is 0 Å². The zero-order valence-electron chi connectivity index (χ0n) is 10.8. The lowest BCUT2D eigenvalue weighted by Crippen LogP contribution is -2.07. The molecular formula is C15H12BrNO3. The van der Waals surface area contributed by atoms with E-state index in [-0.39, 0.29) is 17.0 Å². The highest BCUT2D eigenvalue weighted by atomic mass is 79.9. The van der Waals surface area contributed by atoms with Crippen LogP contribution in [0.25, 0.3) is 0 Å². The van der Waals surface area contributed by atoms with Crippen molar-refractivity contribution in [1.29, 1.82) is 0 Å². The van der Waals surface area contributed by atoms with Gasteiger partial charge in [0.2, 0.25) is 0 Å². The summed E-state index contributed by atoms with van der Waals surface area (Å²) in [7, 11) is 0. The summed E-state index contributed by atoms with van der Waals surface area (Å²) in [5.41, 5.74) is 2.08. The Balaban J connectivity index is 2.59. The van der Waals surface area contributed by atoms with Crippen LogP contribution in [0.15, 0.2) is 42.5 Å². The van der Waals surface area contributed by atoms with Crippen molar-refractivity contribution in [3.05, 3.63) is 74.8 Å². The Morgan fingerprint density at radius 1 is 1.25 bits per heavy atom. The van der Waals surface area contributed by atoms with Crippen LogP contribution < -0.4 is 0 Å². The van der Waals surface area contributed by atoms with Crippen LogP contribution in [0.5, 0.6) is 0 Å². The number of halogens is 1. The third-order valence-electron chi connectivity index (χ3n) is 3.08. The minimum Gasteiger partial charge on any atom is -0.288 e. The van der Waals surface area contributed by atoms with E-state index in [2.05, 4.69) is 15.9 Å². The number of hydrogen-bond donors (Lipinski definition) is 0. The third kappa shape index (κ3) is 2.77. The summed E-state index contributed by atoms with van der Waals surface area (Å²) in [5, 5.41) is 11.7. The molecule has 20 heavy (non-hydrogen) atoms. The summed E-state index contributed by atoms with van der Waals surface area (Å²) < 4.78 is 0. The summed E-state index contributed by atoms with van der Waals surface area (Å²) in [6.45, 7) is 1.84. The molecule has 0 spiro atoms. The molecule has 0 heterocycles. The molecule has 0 fully saturated rings. The number of rotatable bonds is 4. The monoisotopic (exact) mass is 333 g/mol. The van der Waals surface area contributed by atoms with Gasteiger partial charge in [-0.2, -0.15) is 0 Å². The van der Waals surface area contributed by atoms with E-state index >= 15 is 0 Å². The molecule has 0 aromatic heterocycles. The van der Waals surface area contributed by atoms with Gasteiger partial charge in [0.25, 0.3) is 5.69 Å². The maximum absolute atomic E-state index is 12.4. The smallest absolute Gasteiger partial charge is 0.280 e. The first kappa shape index (κ1) is 14.4. The highest BCUT2D eigenvalue weighted by Crippen LogP contribution is 2.27. The van der Waals surface area contributed by atoms with Gasteiger partial charge in [-0.15, -0.1) is 0 Å². The van der Waals surface area contributed by atoms with Crippen molar-refractivity contribution in [3.8, 4) is 0 Å². The zero-order chi connectivity index (χ0) is 14.7. The van der Waals surface area contributed by atoms with Gasteiger partial charge in [-0.3, -0.25) is 14.9 Å². The van der Waals surface area contributed by atoms with Crippen LogP contribution in [0.1, 0.15) is 27.0 Å². The summed E-state index contributed by atoms with van der Waals surface area (Å²) in [5.74, 6) is -0.332. The maximum atomic E-state index is 12.4. The van der Waals surface area contributed by atoms with Crippen molar-refractivity contribution < 1.29 is 9.72 Å². The summed E-state index contributed by atoms with van der Waals surface area (Å²) in [4.78, 5) is 23.1. The summed E-state index contributed by atoms with van der Waals surface area (Å²) in [6.07, 6.45) is 0. The van der Waals surface area contributed by atoms with Crippen molar-refractivity contribution in [2.75, 3.05) is 0 Å². The second-order valence-electron chi connectivity index (χ2n) is 4.38. The predicted octanol–water partition coefficient (Wildman–Crippen LogP) is 4.03.